The molecule has 0 aliphatic carbocycles. The number of ether oxygens (including phenoxy) is 1. The van der Waals surface area contributed by atoms with Gasteiger partial charge in [-0.15, -0.1) is 6.58 Å². The topological polar surface area (TPSA) is 75.6 Å². The lowest BCUT2D eigenvalue weighted by atomic mass is 9.86. The van der Waals surface area contributed by atoms with E-state index in [0.717, 1.165) is 18.4 Å². The first-order valence-corrected chi connectivity index (χ1v) is 7.14. The standard InChI is InChI=1S/C15H25NO4/c1-10(2)8-11(3)14(17)16-9-13(15(18)19)12-4-6-20-7-5-12/h11-13H,1,4-9H2,2-3H3,(H,16,17)(H,18,19). The van der Waals surface area contributed by atoms with Gasteiger partial charge in [-0.05, 0) is 32.1 Å². The largest absolute Gasteiger partial charge is 0.481 e. The number of carbonyl (C=O) groups is 2. The minimum atomic E-state index is -0.843. The Morgan fingerprint density at radius 2 is 2.00 bits per heavy atom. The minimum absolute atomic E-state index is 0.0815. The Hall–Kier alpha value is -1.36. The van der Waals surface area contributed by atoms with E-state index < -0.39 is 11.9 Å². The van der Waals surface area contributed by atoms with E-state index in [4.69, 9.17) is 4.74 Å². The van der Waals surface area contributed by atoms with Crippen LogP contribution in [0.4, 0.5) is 0 Å². The maximum Gasteiger partial charge on any atom is 0.308 e. The van der Waals surface area contributed by atoms with Crippen molar-refractivity contribution in [2.75, 3.05) is 19.8 Å². The molecule has 1 rings (SSSR count). The molecule has 0 radical (unpaired) electrons. The average molecular weight is 283 g/mol. The molecule has 5 heteroatoms. The Labute approximate surface area is 120 Å². The van der Waals surface area contributed by atoms with E-state index in [0.29, 0.717) is 19.6 Å². The number of aliphatic carboxylic acids is 1. The van der Waals surface area contributed by atoms with Gasteiger partial charge in [-0.25, -0.2) is 0 Å². The maximum atomic E-state index is 11.9. The number of hydrogen-bond acceptors (Lipinski definition) is 3. The summed E-state index contributed by atoms with van der Waals surface area (Å²) in [5.74, 6) is -1.56. The van der Waals surface area contributed by atoms with Crippen LogP contribution in [-0.4, -0.2) is 36.7 Å². The summed E-state index contributed by atoms with van der Waals surface area (Å²) < 4.78 is 5.25. The van der Waals surface area contributed by atoms with Crippen molar-refractivity contribution < 1.29 is 19.4 Å². The monoisotopic (exact) mass is 283 g/mol. The SMILES string of the molecule is C=C(C)CC(C)C(=O)NCC(C(=O)O)C1CCOCC1. The second-order valence-electron chi connectivity index (χ2n) is 5.70. The van der Waals surface area contributed by atoms with Crippen LogP contribution >= 0.6 is 0 Å². The molecule has 2 atom stereocenters. The Balaban J connectivity index is 2.48. The summed E-state index contributed by atoms with van der Waals surface area (Å²) in [6.07, 6.45) is 2.11. The van der Waals surface area contributed by atoms with E-state index >= 15 is 0 Å². The quantitative estimate of drug-likeness (QED) is 0.699. The van der Waals surface area contributed by atoms with Crippen LogP contribution in [0.1, 0.15) is 33.1 Å². The first-order valence-electron chi connectivity index (χ1n) is 7.14. The number of hydrogen-bond donors (Lipinski definition) is 2. The smallest absolute Gasteiger partial charge is 0.308 e. The third-order valence-electron chi connectivity index (χ3n) is 3.75. The van der Waals surface area contributed by atoms with E-state index in [1.807, 2.05) is 13.8 Å². The lowest BCUT2D eigenvalue weighted by Crippen LogP contribution is -2.40. The van der Waals surface area contributed by atoms with Crippen molar-refractivity contribution in [3.05, 3.63) is 12.2 Å². The number of carboxylic acids is 1. The fourth-order valence-corrected chi connectivity index (χ4v) is 2.57. The highest BCUT2D eigenvalue weighted by Gasteiger charge is 2.30. The Bertz CT molecular complexity index is 361. The van der Waals surface area contributed by atoms with Crippen LogP contribution < -0.4 is 5.32 Å². The summed E-state index contributed by atoms with van der Waals surface area (Å²) in [5.41, 5.74) is 0.951. The van der Waals surface area contributed by atoms with Crippen LogP contribution in [0.5, 0.6) is 0 Å². The van der Waals surface area contributed by atoms with Gasteiger partial charge in [0, 0.05) is 25.7 Å². The maximum absolute atomic E-state index is 11.9. The van der Waals surface area contributed by atoms with Crippen LogP contribution in [0.2, 0.25) is 0 Å². The number of carbonyl (C=O) groups excluding carboxylic acids is 1. The van der Waals surface area contributed by atoms with E-state index in [2.05, 4.69) is 11.9 Å². The number of rotatable bonds is 7. The number of nitrogens with one attached hydrogen (secondary N) is 1. The zero-order valence-corrected chi connectivity index (χ0v) is 12.4. The van der Waals surface area contributed by atoms with Gasteiger partial charge < -0.3 is 15.2 Å². The molecule has 0 aromatic carbocycles. The molecule has 0 bridgehead atoms. The van der Waals surface area contributed by atoms with Crippen molar-refractivity contribution in [1.82, 2.24) is 5.32 Å². The molecule has 20 heavy (non-hydrogen) atoms. The molecule has 0 saturated carbocycles. The first-order chi connectivity index (χ1) is 9.41. The summed E-state index contributed by atoms with van der Waals surface area (Å²) in [6.45, 7) is 8.90. The van der Waals surface area contributed by atoms with Gasteiger partial charge in [0.05, 0.1) is 5.92 Å². The summed E-state index contributed by atoms with van der Waals surface area (Å²) in [4.78, 5) is 23.3. The second-order valence-corrected chi connectivity index (χ2v) is 5.70. The van der Waals surface area contributed by atoms with Crippen LogP contribution in [0, 0.1) is 17.8 Å². The van der Waals surface area contributed by atoms with Crippen LogP contribution in [0.15, 0.2) is 12.2 Å². The van der Waals surface area contributed by atoms with Gasteiger partial charge >= 0.3 is 5.97 Å². The molecule has 2 unspecified atom stereocenters. The lowest BCUT2D eigenvalue weighted by molar-refractivity contribution is -0.145. The minimum Gasteiger partial charge on any atom is -0.481 e. The number of carboxylic acid groups (broad SMARTS) is 1. The van der Waals surface area contributed by atoms with E-state index in [1.165, 1.54) is 0 Å². The molecule has 1 amide bonds. The summed E-state index contributed by atoms with van der Waals surface area (Å²) >= 11 is 0. The molecule has 114 valence electrons. The van der Waals surface area contributed by atoms with E-state index in [1.54, 1.807) is 0 Å². The third kappa shape index (κ3) is 5.33. The lowest BCUT2D eigenvalue weighted by Gasteiger charge is -2.28. The van der Waals surface area contributed by atoms with Gasteiger partial charge in [-0.2, -0.15) is 0 Å². The van der Waals surface area contributed by atoms with Crippen LogP contribution in [-0.2, 0) is 14.3 Å². The Kier molecular flexibility index (Phi) is 6.71. The van der Waals surface area contributed by atoms with Crippen molar-refractivity contribution >= 4 is 11.9 Å². The van der Waals surface area contributed by atoms with Gasteiger partial charge in [-0.1, -0.05) is 12.5 Å². The zero-order valence-electron chi connectivity index (χ0n) is 12.4. The molecular weight excluding hydrogens is 258 g/mol. The molecule has 1 aliphatic heterocycles. The molecule has 1 aliphatic rings. The molecule has 2 N–H and O–H groups in total. The predicted molar refractivity (Wildman–Crippen MR) is 76.3 cm³/mol. The molecule has 0 aromatic rings. The predicted octanol–water partition coefficient (Wildman–Crippen LogP) is 1.83. The highest BCUT2D eigenvalue weighted by Crippen LogP contribution is 2.24. The summed E-state index contributed by atoms with van der Waals surface area (Å²) in [7, 11) is 0. The highest BCUT2D eigenvalue weighted by atomic mass is 16.5. The Morgan fingerprint density at radius 3 is 2.50 bits per heavy atom. The van der Waals surface area contributed by atoms with Crippen molar-refractivity contribution in [1.29, 1.82) is 0 Å². The van der Waals surface area contributed by atoms with Gasteiger partial charge in [0.25, 0.3) is 0 Å². The van der Waals surface area contributed by atoms with Crippen LogP contribution in [0.25, 0.3) is 0 Å². The van der Waals surface area contributed by atoms with E-state index in [-0.39, 0.29) is 24.3 Å². The van der Waals surface area contributed by atoms with E-state index in [9.17, 15) is 14.7 Å². The van der Waals surface area contributed by atoms with Crippen molar-refractivity contribution in [3.63, 3.8) is 0 Å². The highest BCUT2D eigenvalue weighted by molar-refractivity contribution is 5.79. The number of allylic oxidation sites excluding steroid dienone is 1. The van der Waals surface area contributed by atoms with Gasteiger partial charge in [0.15, 0.2) is 0 Å². The Morgan fingerprint density at radius 1 is 1.40 bits per heavy atom. The third-order valence-corrected chi connectivity index (χ3v) is 3.75. The molecule has 5 nitrogen and oxygen atoms in total. The first kappa shape index (κ1) is 16.7. The summed E-state index contributed by atoms with van der Waals surface area (Å²) in [6, 6.07) is 0. The van der Waals surface area contributed by atoms with Gasteiger partial charge in [-0.3, -0.25) is 9.59 Å². The molecule has 0 aromatic heterocycles. The van der Waals surface area contributed by atoms with Crippen molar-refractivity contribution in [2.24, 2.45) is 17.8 Å². The zero-order chi connectivity index (χ0) is 15.1. The molecule has 1 fully saturated rings. The van der Waals surface area contributed by atoms with Crippen LogP contribution in [0.3, 0.4) is 0 Å². The fraction of sp³-hybridized carbons (Fsp3) is 0.733. The molecule has 0 spiro atoms. The number of amides is 1. The summed E-state index contributed by atoms with van der Waals surface area (Å²) in [5, 5.41) is 12.1. The van der Waals surface area contributed by atoms with Crippen molar-refractivity contribution in [3.8, 4) is 0 Å². The normalized spacial score (nSPS) is 19.1. The molecular formula is C15H25NO4. The van der Waals surface area contributed by atoms with Gasteiger partial charge in [0.1, 0.15) is 0 Å². The molecule has 1 saturated heterocycles. The van der Waals surface area contributed by atoms with Crippen molar-refractivity contribution in [2.45, 2.75) is 33.1 Å². The fourth-order valence-electron chi connectivity index (χ4n) is 2.57. The average Bonchev–Trinajstić information content (AvgIpc) is 2.38. The second kappa shape index (κ2) is 8.04. The molecule has 1 heterocycles. The van der Waals surface area contributed by atoms with Gasteiger partial charge in [0.2, 0.25) is 5.91 Å².